The molecule has 1 aromatic rings. The summed E-state index contributed by atoms with van der Waals surface area (Å²) in [5.74, 6) is -0.956. The topological polar surface area (TPSA) is 60.9 Å². The Hall–Kier alpha value is -1.88. The van der Waals surface area contributed by atoms with Crippen LogP contribution in [0.25, 0.3) is 0 Å². The lowest BCUT2D eigenvalue weighted by molar-refractivity contribution is -0.140. The van der Waals surface area contributed by atoms with Gasteiger partial charge in [-0.2, -0.15) is 0 Å². The second-order valence-electron chi connectivity index (χ2n) is 5.39. The Morgan fingerprint density at radius 2 is 1.76 bits per heavy atom. The Kier molecular flexibility index (Phi) is 5.75. The second-order valence-corrected chi connectivity index (χ2v) is 5.39. The Bertz CT molecular complexity index is 476. The molecule has 0 aliphatic carbocycles. The number of nitrogens with zero attached hydrogens (tertiary/aromatic N) is 2. The molecule has 1 aliphatic rings. The molecule has 114 valence electrons. The Morgan fingerprint density at radius 1 is 1.00 bits per heavy atom. The van der Waals surface area contributed by atoms with Crippen LogP contribution in [0.2, 0.25) is 0 Å². The van der Waals surface area contributed by atoms with Gasteiger partial charge in [-0.15, -0.1) is 0 Å². The monoisotopic (exact) mass is 290 g/mol. The van der Waals surface area contributed by atoms with E-state index in [9.17, 15) is 9.59 Å². The van der Waals surface area contributed by atoms with Crippen LogP contribution in [0.1, 0.15) is 24.8 Å². The van der Waals surface area contributed by atoms with Crippen molar-refractivity contribution in [2.45, 2.75) is 25.8 Å². The molecule has 1 N–H and O–H groups in total. The predicted molar refractivity (Wildman–Crippen MR) is 79.8 cm³/mol. The van der Waals surface area contributed by atoms with Crippen LogP contribution in [0, 0.1) is 0 Å². The van der Waals surface area contributed by atoms with Gasteiger partial charge in [-0.05, 0) is 12.0 Å². The molecule has 5 heteroatoms. The molecule has 0 spiro atoms. The number of aliphatic carboxylic acids is 1. The van der Waals surface area contributed by atoms with E-state index in [2.05, 4.69) is 17.0 Å². The highest BCUT2D eigenvalue weighted by atomic mass is 16.4. The van der Waals surface area contributed by atoms with Crippen LogP contribution in [0.3, 0.4) is 0 Å². The quantitative estimate of drug-likeness (QED) is 0.894. The van der Waals surface area contributed by atoms with E-state index < -0.39 is 5.97 Å². The maximum absolute atomic E-state index is 12.0. The second kappa shape index (κ2) is 7.78. The average Bonchev–Trinajstić information content (AvgIpc) is 2.71. The van der Waals surface area contributed by atoms with Crippen molar-refractivity contribution in [3.05, 3.63) is 35.9 Å². The van der Waals surface area contributed by atoms with Crippen molar-refractivity contribution >= 4 is 11.9 Å². The summed E-state index contributed by atoms with van der Waals surface area (Å²) in [6.45, 7) is 4.12. The number of carbonyl (C=O) groups excluding carboxylic acids is 1. The van der Waals surface area contributed by atoms with E-state index in [1.165, 1.54) is 5.56 Å². The number of amides is 1. The lowest BCUT2D eigenvalue weighted by Crippen LogP contribution is -2.35. The summed E-state index contributed by atoms with van der Waals surface area (Å²) in [5.41, 5.74) is 1.28. The van der Waals surface area contributed by atoms with Crippen molar-refractivity contribution in [3.63, 3.8) is 0 Å². The van der Waals surface area contributed by atoms with E-state index in [1.807, 2.05) is 18.2 Å². The normalized spacial score (nSPS) is 16.5. The van der Waals surface area contributed by atoms with Crippen LogP contribution >= 0.6 is 0 Å². The first kappa shape index (κ1) is 15.5. The Balaban J connectivity index is 1.81. The van der Waals surface area contributed by atoms with Gasteiger partial charge in [-0.3, -0.25) is 14.5 Å². The number of benzene rings is 1. The molecule has 1 saturated heterocycles. The fourth-order valence-electron chi connectivity index (χ4n) is 2.59. The third-order valence-corrected chi connectivity index (χ3v) is 3.74. The standard InChI is InChI=1S/C16H22N2O3/c19-15(7-8-16(20)21)18-10-4-9-17(11-12-18)13-14-5-2-1-3-6-14/h1-3,5-6H,4,7-13H2,(H,20,21). The fraction of sp³-hybridized carbons (Fsp3) is 0.500. The summed E-state index contributed by atoms with van der Waals surface area (Å²) in [5, 5.41) is 8.64. The molecule has 2 rings (SSSR count). The van der Waals surface area contributed by atoms with Gasteiger partial charge in [-0.1, -0.05) is 30.3 Å². The van der Waals surface area contributed by atoms with Gasteiger partial charge in [0, 0.05) is 39.1 Å². The number of hydrogen-bond acceptors (Lipinski definition) is 3. The van der Waals surface area contributed by atoms with E-state index >= 15 is 0 Å². The minimum atomic E-state index is -0.913. The zero-order valence-electron chi connectivity index (χ0n) is 12.2. The maximum Gasteiger partial charge on any atom is 0.303 e. The summed E-state index contributed by atoms with van der Waals surface area (Å²) in [6.07, 6.45) is 0.961. The van der Waals surface area contributed by atoms with Gasteiger partial charge in [0.05, 0.1) is 6.42 Å². The number of carboxylic acids is 1. The van der Waals surface area contributed by atoms with Gasteiger partial charge in [-0.25, -0.2) is 0 Å². The molecule has 0 saturated carbocycles. The summed E-state index contributed by atoms with van der Waals surface area (Å²) < 4.78 is 0. The average molecular weight is 290 g/mol. The summed E-state index contributed by atoms with van der Waals surface area (Å²) >= 11 is 0. The smallest absolute Gasteiger partial charge is 0.303 e. The van der Waals surface area contributed by atoms with E-state index in [0.29, 0.717) is 6.54 Å². The third-order valence-electron chi connectivity index (χ3n) is 3.74. The van der Waals surface area contributed by atoms with Crippen molar-refractivity contribution in [3.8, 4) is 0 Å². The highest BCUT2D eigenvalue weighted by Crippen LogP contribution is 2.10. The third kappa shape index (κ3) is 5.19. The van der Waals surface area contributed by atoms with E-state index in [-0.39, 0.29) is 18.7 Å². The number of carboxylic acid groups (broad SMARTS) is 1. The van der Waals surface area contributed by atoms with Crippen LogP contribution in [-0.4, -0.2) is 53.0 Å². The molecule has 5 nitrogen and oxygen atoms in total. The molecule has 0 bridgehead atoms. The van der Waals surface area contributed by atoms with Crippen LogP contribution < -0.4 is 0 Å². The number of rotatable bonds is 5. The van der Waals surface area contributed by atoms with Crippen molar-refractivity contribution in [2.24, 2.45) is 0 Å². The Labute approximate surface area is 125 Å². The molecule has 0 unspecified atom stereocenters. The van der Waals surface area contributed by atoms with Crippen molar-refractivity contribution in [1.29, 1.82) is 0 Å². The van der Waals surface area contributed by atoms with E-state index in [1.54, 1.807) is 4.90 Å². The zero-order valence-corrected chi connectivity index (χ0v) is 12.2. The minimum Gasteiger partial charge on any atom is -0.481 e. The first-order valence-corrected chi connectivity index (χ1v) is 7.41. The first-order chi connectivity index (χ1) is 10.1. The molecule has 1 amide bonds. The summed E-state index contributed by atoms with van der Waals surface area (Å²) in [4.78, 5) is 26.6. The van der Waals surface area contributed by atoms with Crippen LogP contribution in [0.15, 0.2) is 30.3 Å². The van der Waals surface area contributed by atoms with E-state index in [4.69, 9.17) is 5.11 Å². The molecule has 1 aromatic carbocycles. The largest absolute Gasteiger partial charge is 0.481 e. The van der Waals surface area contributed by atoms with Crippen LogP contribution in [0.4, 0.5) is 0 Å². The van der Waals surface area contributed by atoms with Gasteiger partial charge < -0.3 is 10.0 Å². The maximum atomic E-state index is 12.0. The Morgan fingerprint density at radius 3 is 2.48 bits per heavy atom. The molecule has 1 heterocycles. The summed E-state index contributed by atoms with van der Waals surface area (Å²) in [6, 6.07) is 10.3. The summed E-state index contributed by atoms with van der Waals surface area (Å²) in [7, 11) is 0. The number of hydrogen-bond donors (Lipinski definition) is 1. The SMILES string of the molecule is O=C(O)CCC(=O)N1CCCN(Cc2ccccc2)CC1. The minimum absolute atomic E-state index is 0.0426. The zero-order chi connectivity index (χ0) is 15.1. The van der Waals surface area contributed by atoms with Crippen molar-refractivity contribution in [2.75, 3.05) is 26.2 Å². The first-order valence-electron chi connectivity index (χ1n) is 7.41. The molecule has 0 radical (unpaired) electrons. The highest BCUT2D eigenvalue weighted by Gasteiger charge is 2.19. The van der Waals surface area contributed by atoms with Crippen molar-refractivity contribution < 1.29 is 14.7 Å². The molecule has 1 aliphatic heterocycles. The highest BCUT2D eigenvalue weighted by molar-refractivity contribution is 5.80. The van der Waals surface area contributed by atoms with Gasteiger partial charge in [0.2, 0.25) is 5.91 Å². The predicted octanol–water partition coefficient (Wildman–Crippen LogP) is 1.59. The van der Waals surface area contributed by atoms with Crippen LogP contribution in [0.5, 0.6) is 0 Å². The van der Waals surface area contributed by atoms with Gasteiger partial charge >= 0.3 is 5.97 Å². The lowest BCUT2D eigenvalue weighted by Gasteiger charge is -2.22. The van der Waals surface area contributed by atoms with Gasteiger partial charge in [0.1, 0.15) is 0 Å². The van der Waals surface area contributed by atoms with Crippen molar-refractivity contribution in [1.82, 2.24) is 9.80 Å². The molecular formula is C16H22N2O3. The van der Waals surface area contributed by atoms with Gasteiger partial charge in [0.25, 0.3) is 0 Å². The lowest BCUT2D eigenvalue weighted by atomic mass is 10.2. The van der Waals surface area contributed by atoms with Crippen LogP contribution in [-0.2, 0) is 16.1 Å². The fourth-order valence-corrected chi connectivity index (χ4v) is 2.59. The molecule has 1 fully saturated rings. The molecular weight excluding hydrogens is 268 g/mol. The molecule has 0 atom stereocenters. The molecule has 0 aromatic heterocycles. The van der Waals surface area contributed by atoms with E-state index in [0.717, 1.165) is 32.6 Å². The van der Waals surface area contributed by atoms with Gasteiger partial charge in [0.15, 0.2) is 0 Å². The molecule has 21 heavy (non-hydrogen) atoms. The number of carbonyl (C=O) groups is 2.